The Bertz CT molecular complexity index is 1450. The lowest BCUT2D eigenvalue weighted by Crippen LogP contribution is -2.30. The molecule has 1 aliphatic rings. The minimum Gasteiger partial charge on any atom is -0.322 e. The van der Waals surface area contributed by atoms with Crippen LogP contribution >= 0.6 is 0 Å². The van der Waals surface area contributed by atoms with Gasteiger partial charge < -0.3 is 10.2 Å². The second-order valence-electron chi connectivity index (χ2n) is 8.54. The van der Waals surface area contributed by atoms with Crippen LogP contribution in [0.3, 0.4) is 0 Å². The molecular weight excluding hydrogens is 465 g/mol. The average molecular weight is 486 g/mol. The number of fused-ring (bicyclic) bond motifs is 2. The fraction of sp³-hybridized carbons (Fsp3) is 0.103. The maximum absolute atomic E-state index is 13.5. The number of nitrogens with zero attached hydrogens (tertiary/aromatic N) is 1. The molecule has 5 rings (SSSR count). The molecule has 1 aliphatic heterocycles. The highest BCUT2D eigenvalue weighted by Crippen LogP contribution is 2.33. The monoisotopic (exact) mass is 486 g/mol. The molecule has 36 heavy (non-hydrogen) atoms. The molecule has 0 aliphatic carbocycles. The maximum atomic E-state index is 13.5. The standard InChI is InChI=1S/C29H21F3N2O2/c30-29(31,32)25-11-5-4-10-24(25)27(35)33-23-15-13-19(14-16-23)28(36)34-18-22-9-2-1-7-20(22)17-21-8-3-6-12-26(21)34/h1-16H,17-18H2,(H,33,35). The Labute approximate surface area is 206 Å². The summed E-state index contributed by atoms with van der Waals surface area (Å²) in [4.78, 5) is 27.8. The lowest BCUT2D eigenvalue weighted by Gasteiger charge is -2.23. The van der Waals surface area contributed by atoms with Gasteiger partial charge in [-0.1, -0.05) is 54.6 Å². The zero-order valence-corrected chi connectivity index (χ0v) is 19.0. The zero-order chi connectivity index (χ0) is 25.3. The number of amides is 2. The second-order valence-corrected chi connectivity index (χ2v) is 8.54. The van der Waals surface area contributed by atoms with Crippen LogP contribution in [0.15, 0.2) is 97.1 Å². The van der Waals surface area contributed by atoms with Crippen molar-refractivity contribution in [3.05, 3.63) is 130 Å². The SMILES string of the molecule is O=C(Nc1ccc(C(=O)N2Cc3ccccc3Cc3ccccc32)cc1)c1ccccc1C(F)(F)F. The Hall–Kier alpha value is -4.39. The number of carbonyl (C=O) groups is 2. The first-order valence-corrected chi connectivity index (χ1v) is 11.4. The molecule has 2 amide bonds. The van der Waals surface area contributed by atoms with Crippen molar-refractivity contribution < 1.29 is 22.8 Å². The number of halogens is 3. The van der Waals surface area contributed by atoms with Crippen molar-refractivity contribution in [2.45, 2.75) is 19.1 Å². The highest BCUT2D eigenvalue weighted by molar-refractivity contribution is 6.08. The summed E-state index contributed by atoms with van der Waals surface area (Å²) in [5.41, 5.74) is 3.32. The Morgan fingerprint density at radius 1 is 0.722 bits per heavy atom. The molecule has 0 fully saturated rings. The van der Waals surface area contributed by atoms with Crippen LogP contribution in [-0.2, 0) is 19.1 Å². The van der Waals surface area contributed by atoms with E-state index in [0.717, 1.165) is 40.9 Å². The van der Waals surface area contributed by atoms with Crippen LogP contribution in [0.1, 0.15) is 43.0 Å². The first-order valence-electron chi connectivity index (χ1n) is 11.4. The topological polar surface area (TPSA) is 49.4 Å². The Morgan fingerprint density at radius 2 is 1.33 bits per heavy atom. The second kappa shape index (κ2) is 9.34. The van der Waals surface area contributed by atoms with Crippen molar-refractivity contribution in [2.24, 2.45) is 0 Å². The van der Waals surface area contributed by atoms with Gasteiger partial charge in [-0.05, 0) is 65.6 Å². The first-order chi connectivity index (χ1) is 17.3. The van der Waals surface area contributed by atoms with Crippen molar-refractivity contribution in [1.82, 2.24) is 0 Å². The van der Waals surface area contributed by atoms with Crippen LogP contribution in [0.2, 0.25) is 0 Å². The van der Waals surface area contributed by atoms with Gasteiger partial charge in [-0.2, -0.15) is 13.2 Å². The minimum atomic E-state index is -4.65. The molecule has 0 atom stereocenters. The van der Waals surface area contributed by atoms with Gasteiger partial charge >= 0.3 is 6.18 Å². The molecule has 4 aromatic carbocycles. The molecule has 4 aromatic rings. The molecule has 1 N–H and O–H groups in total. The molecule has 0 radical (unpaired) electrons. The summed E-state index contributed by atoms with van der Waals surface area (Å²) in [6, 6.07) is 26.6. The molecule has 0 saturated heterocycles. The Morgan fingerprint density at radius 3 is 2.06 bits per heavy atom. The van der Waals surface area contributed by atoms with Gasteiger partial charge in [0.05, 0.1) is 17.7 Å². The van der Waals surface area contributed by atoms with Gasteiger partial charge in [0.25, 0.3) is 11.8 Å². The van der Waals surface area contributed by atoms with Crippen molar-refractivity contribution in [3.63, 3.8) is 0 Å². The number of benzene rings is 4. The van der Waals surface area contributed by atoms with E-state index >= 15 is 0 Å². The number of carbonyl (C=O) groups excluding carboxylic acids is 2. The number of hydrogen-bond donors (Lipinski definition) is 1. The van der Waals surface area contributed by atoms with Gasteiger partial charge in [0.2, 0.25) is 0 Å². The van der Waals surface area contributed by atoms with Crippen LogP contribution in [-0.4, -0.2) is 11.8 Å². The minimum absolute atomic E-state index is 0.209. The Kier molecular flexibility index (Phi) is 6.06. The molecule has 1 heterocycles. The van der Waals surface area contributed by atoms with Gasteiger partial charge in [-0.3, -0.25) is 9.59 Å². The van der Waals surface area contributed by atoms with Crippen molar-refractivity contribution in [1.29, 1.82) is 0 Å². The van der Waals surface area contributed by atoms with E-state index in [2.05, 4.69) is 11.4 Å². The summed E-state index contributed by atoms with van der Waals surface area (Å²) in [6.45, 7) is 0.415. The van der Waals surface area contributed by atoms with E-state index in [0.29, 0.717) is 12.1 Å². The number of anilines is 2. The number of rotatable bonds is 3. The Balaban J connectivity index is 1.39. The van der Waals surface area contributed by atoms with E-state index in [1.165, 1.54) is 24.3 Å². The molecule has 180 valence electrons. The van der Waals surface area contributed by atoms with Gasteiger partial charge in [-0.25, -0.2) is 0 Å². The smallest absolute Gasteiger partial charge is 0.322 e. The summed E-state index contributed by atoms with van der Waals surface area (Å²) in [5.74, 6) is -1.08. The zero-order valence-electron chi connectivity index (χ0n) is 19.0. The summed E-state index contributed by atoms with van der Waals surface area (Å²) in [6.07, 6.45) is -3.92. The molecule has 4 nitrogen and oxygen atoms in total. The van der Waals surface area contributed by atoms with E-state index in [1.54, 1.807) is 17.0 Å². The highest BCUT2D eigenvalue weighted by atomic mass is 19.4. The van der Waals surface area contributed by atoms with Crippen molar-refractivity contribution >= 4 is 23.2 Å². The predicted octanol–water partition coefficient (Wildman–Crippen LogP) is 6.71. The summed E-state index contributed by atoms with van der Waals surface area (Å²) in [7, 11) is 0. The maximum Gasteiger partial charge on any atom is 0.417 e. The van der Waals surface area contributed by atoms with E-state index in [-0.39, 0.29) is 11.6 Å². The molecule has 0 saturated carbocycles. The highest BCUT2D eigenvalue weighted by Gasteiger charge is 2.35. The fourth-order valence-electron chi connectivity index (χ4n) is 4.43. The van der Waals surface area contributed by atoms with Crippen LogP contribution in [0.25, 0.3) is 0 Å². The third-order valence-corrected chi connectivity index (χ3v) is 6.22. The summed E-state index contributed by atoms with van der Waals surface area (Å²) < 4.78 is 39.8. The molecule has 7 heteroatoms. The molecule has 0 bridgehead atoms. The molecule has 0 aromatic heterocycles. The first kappa shape index (κ1) is 23.4. The van der Waals surface area contributed by atoms with E-state index < -0.39 is 23.2 Å². The quantitative estimate of drug-likeness (QED) is 0.350. The van der Waals surface area contributed by atoms with Crippen molar-refractivity contribution in [2.75, 3.05) is 10.2 Å². The molecular formula is C29H21F3N2O2. The largest absolute Gasteiger partial charge is 0.417 e. The van der Waals surface area contributed by atoms with Crippen molar-refractivity contribution in [3.8, 4) is 0 Å². The number of alkyl halides is 3. The lowest BCUT2D eigenvalue weighted by molar-refractivity contribution is -0.137. The number of nitrogens with one attached hydrogen (secondary N) is 1. The molecule has 0 unspecified atom stereocenters. The summed E-state index contributed by atoms with van der Waals surface area (Å²) in [5, 5.41) is 2.49. The fourth-order valence-corrected chi connectivity index (χ4v) is 4.43. The van der Waals surface area contributed by atoms with E-state index in [9.17, 15) is 22.8 Å². The predicted molar refractivity (Wildman–Crippen MR) is 132 cm³/mol. The van der Waals surface area contributed by atoms with Gasteiger partial charge in [0, 0.05) is 16.9 Å². The van der Waals surface area contributed by atoms with Crippen LogP contribution < -0.4 is 10.2 Å². The van der Waals surface area contributed by atoms with E-state index in [4.69, 9.17) is 0 Å². The van der Waals surface area contributed by atoms with Gasteiger partial charge in [0.1, 0.15) is 0 Å². The molecule has 0 spiro atoms. The van der Waals surface area contributed by atoms with Gasteiger partial charge in [-0.15, -0.1) is 0 Å². The third kappa shape index (κ3) is 4.60. The average Bonchev–Trinajstić information content (AvgIpc) is 3.05. The normalized spacial score (nSPS) is 12.8. The van der Waals surface area contributed by atoms with E-state index in [1.807, 2.05) is 42.5 Å². The van der Waals surface area contributed by atoms with Crippen LogP contribution in [0, 0.1) is 0 Å². The van der Waals surface area contributed by atoms with Crippen LogP contribution in [0.4, 0.5) is 24.5 Å². The van der Waals surface area contributed by atoms with Gasteiger partial charge in [0.15, 0.2) is 0 Å². The third-order valence-electron chi connectivity index (χ3n) is 6.22. The number of hydrogen-bond acceptors (Lipinski definition) is 2. The lowest BCUT2D eigenvalue weighted by atomic mass is 10.0. The van der Waals surface area contributed by atoms with Crippen LogP contribution in [0.5, 0.6) is 0 Å². The summed E-state index contributed by atoms with van der Waals surface area (Å²) >= 11 is 0. The number of para-hydroxylation sites is 1.